The molecule has 0 atom stereocenters. The second-order valence-corrected chi connectivity index (χ2v) is 9.52. The average Bonchev–Trinajstić information content (AvgIpc) is 3.08. The van der Waals surface area contributed by atoms with Gasteiger partial charge in [-0.1, -0.05) is 29.8 Å². The first kappa shape index (κ1) is 20.6. The third-order valence-corrected chi connectivity index (χ3v) is 7.46. The van der Waals surface area contributed by atoms with E-state index in [-0.39, 0.29) is 31.1 Å². The molecule has 1 aliphatic rings. The number of nitrogens with zero attached hydrogens (tertiary/aromatic N) is 2. The standard InChI is InChI=1S/C21H20ClN3O4S/c1-14-19(17-4-2-3-5-18(17)23-14)20(26)21(27)24-10-12-25(13-11-24)30(28,29)16-8-6-15(22)7-9-16/h2-9,23H,10-13H2,1H3. The maximum Gasteiger partial charge on any atom is 0.295 e. The highest BCUT2D eigenvalue weighted by Gasteiger charge is 2.33. The van der Waals surface area contributed by atoms with Crippen LogP contribution in [0, 0.1) is 6.92 Å². The van der Waals surface area contributed by atoms with E-state index in [0.717, 1.165) is 5.52 Å². The van der Waals surface area contributed by atoms with E-state index in [4.69, 9.17) is 11.6 Å². The fourth-order valence-electron chi connectivity index (χ4n) is 3.71. The van der Waals surface area contributed by atoms with E-state index >= 15 is 0 Å². The third kappa shape index (κ3) is 3.62. The van der Waals surface area contributed by atoms with E-state index in [1.165, 1.54) is 33.5 Å². The SMILES string of the molecule is Cc1[nH]c2ccccc2c1C(=O)C(=O)N1CCN(S(=O)(=O)c2ccc(Cl)cc2)CC1. The van der Waals surface area contributed by atoms with Crippen molar-refractivity contribution in [1.82, 2.24) is 14.2 Å². The number of aromatic amines is 1. The van der Waals surface area contributed by atoms with Crippen LogP contribution < -0.4 is 0 Å². The van der Waals surface area contributed by atoms with Gasteiger partial charge in [-0.2, -0.15) is 4.31 Å². The maximum absolute atomic E-state index is 12.9. The lowest BCUT2D eigenvalue weighted by atomic mass is 10.1. The zero-order valence-corrected chi connectivity index (χ0v) is 17.8. The average molecular weight is 446 g/mol. The number of hydrogen-bond donors (Lipinski definition) is 1. The molecule has 0 unspecified atom stereocenters. The lowest BCUT2D eigenvalue weighted by Crippen LogP contribution is -2.52. The summed E-state index contributed by atoms with van der Waals surface area (Å²) in [5.41, 5.74) is 1.80. The quantitative estimate of drug-likeness (QED) is 0.494. The van der Waals surface area contributed by atoms with Gasteiger partial charge in [0, 0.05) is 47.8 Å². The number of H-pyrrole nitrogens is 1. The van der Waals surface area contributed by atoms with Crippen molar-refractivity contribution in [2.24, 2.45) is 0 Å². The Kier molecular flexibility index (Phi) is 5.40. The summed E-state index contributed by atoms with van der Waals surface area (Å²) in [4.78, 5) is 30.4. The summed E-state index contributed by atoms with van der Waals surface area (Å²) in [7, 11) is -3.68. The largest absolute Gasteiger partial charge is 0.358 e. The molecule has 1 aromatic heterocycles. The van der Waals surface area contributed by atoms with Gasteiger partial charge in [-0.3, -0.25) is 9.59 Å². The van der Waals surface area contributed by atoms with Crippen LogP contribution in [0.1, 0.15) is 16.1 Å². The molecule has 0 radical (unpaired) electrons. The number of halogens is 1. The molecular formula is C21H20ClN3O4S. The number of nitrogens with one attached hydrogen (secondary N) is 1. The zero-order chi connectivity index (χ0) is 21.5. The highest BCUT2D eigenvalue weighted by molar-refractivity contribution is 7.89. The van der Waals surface area contributed by atoms with Crippen molar-refractivity contribution in [3.63, 3.8) is 0 Å². The third-order valence-electron chi connectivity index (χ3n) is 5.29. The molecule has 30 heavy (non-hydrogen) atoms. The molecule has 0 saturated carbocycles. The Morgan fingerprint density at radius 2 is 1.60 bits per heavy atom. The van der Waals surface area contributed by atoms with Gasteiger partial charge in [0.15, 0.2) is 0 Å². The number of para-hydroxylation sites is 1. The molecule has 156 valence electrons. The molecule has 0 bridgehead atoms. The van der Waals surface area contributed by atoms with Crippen LogP contribution in [-0.2, 0) is 14.8 Å². The van der Waals surface area contributed by atoms with E-state index in [2.05, 4.69) is 4.98 Å². The summed E-state index contributed by atoms with van der Waals surface area (Å²) < 4.78 is 26.9. The van der Waals surface area contributed by atoms with Gasteiger partial charge >= 0.3 is 0 Å². The Hall–Kier alpha value is -2.68. The number of aryl methyl sites for hydroxylation is 1. The molecule has 4 rings (SSSR count). The number of ketones is 1. The zero-order valence-electron chi connectivity index (χ0n) is 16.3. The number of carbonyl (C=O) groups excluding carboxylic acids is 2. The summed E-state index contributed by atoms with van der Waals surface area (Å²) >= 11 is 5.83. The fourth-order valence-corrected chi connectivity index (χ4v) is 5.26. The molecule has 1 saturated heterocycles. The number of piperazine rings is 1. The van der Waals surface area contributed by atoms with Gasteiger partial charge in [-0.15, -0.1) is 0 Å². The molecule has 1 amide bonds. The molecule has 3 aromatic rings. The smallest absolute Gasteiger partial charge is 0.295 e. The van der Waals surface area contributed by atoms with Gasteiger partial charge in [0.1, 0.15) is 0 Å². The Balaban J connectivity index is 1.48. The number of aromatic nitrogens is 1. The molecule has 2 aromatic carbocycles. The van der Waals surface area contributed by atoms with Crippen LogP contribution in [0.2, 0.25) is 5.02 Å². The van der Waals surface area contributed by atoms with Crippen LogP contribution >= 0.6 is 11.6 Å². The van der Waals surface area contributed by atoms with Crippen molar-refractivity contribution >= 4 is 44.2 Å². The summed E-state index contributed by atoms with van der Waals surface area (Å²) in [5.74, 6) is -1.20. The van der Waals surface area contributed by atoms with Crippen molar-refractivity contribution in [2.45, 2.75) is 11.8 Å². The van der Waals surface area contributed by atoms with Gasteiger partial charge in [0.05, 0.1) is 10.5 Å². The summed E-state index contributed by atoms with van der Waals surface area (Å²) in [6, 6.07) is 13.3. The first-order chi connectivity index (χ1) is 14.3. The van der Waals surface area contributed by atoms with Crippen LogP contribution in [0.5, 0.6) is 0 Å². The van der Waals surface area contributed by atoms with E-state index in [9.17, 15) is 18.0 Å². The van der Waals surface area contributed by atoms with E-state index in [0.29, 0.717) is 21.7 Å². The number of amides is 1. The number of rotatable bonds is 4. The second kappa shape index (κ2) is 7.86. The summed E-state index contributed by atoms with van der Waals surface area (Å²) in [6.45, 7) is 2.31. The number of sulfonamides is 1. The Morgan fingerprint density at radius 1 is 0.967 bits per heavy atom. The normalized spacial score (nSPS) is 15.5. The predicted molar refractivity (Wildman–Crippen MR) is 114 cm³/mol. The molecule has 1 aliphatic heterocycles. The molecule has 1 fully saturated rings. The predicted octanol–water partition coefficient (Wildman–Crippen LogP) is 2.85. The highest BCUT2D eigenvalue weighted by Crippen LogP contribution is 2.24. The van der Waals surface area contributed by atoms with Crippen LogP contribution in [-0.4, -0.2) is 60.5 Å². The molecular weight excluding hydrogens is 426 g/mol. The first-order valence-electron chi connectivity index (χ1n) is 9.45. The first-order valence-corrected chi connectivity index (χ1v) is 11.3. The van der Waals surface area contributed by atoms with Gasteiger partial charge in [0.2, 0.25) is 10.0 Å². The van der Waals surface area contributed by atoms with Crippen LogP contribution in [0.3, 0.4) is 0 Å². The number of fused-ring (bicyclic) bond motifs is 1. The lowest BCUT2D eigenvalue weighted by molar-refractivity contribution is -0.127. The van der Waals surface area contributed by atoms with Crippen molar-refractivity contribution in [2.75, 3.05) is 26.2 Å². The molecule has 0 aliphatic carbocycles. The number of Topliss-reactive ketones (excluding diaryl/α,β-unsaturated/α-hetero) is 1. The van der Waals surface area contributed by atoms with Gasteiger partial charge in [-0.05, 0) is 37.3 Å². The van der Waals surface area contributed by atoms with Crippen LogP contribution in [0.15, 0.2) is 53.4 Å². The van der Waals surface area contributed by atoms with Crippen LogP contribution in [0.4, 0.5) is 0 Å². The minimum Gasteiger partial charge on any atom is -0.358 e. The Morgan fingerprint density at radius 3 is 2.27 bits per heavy atom. The lowest BCUT2D eigenvalue weighted by Gasteiger charge is -2.33. The molecule has 9 heteroatoms. The second-order valence-electron chi connectivity index (χ2n) is 7.15. The Bertz CT molecular complexity index is 1230. The maximum atomic E-state index is 12.9. The van der Waals surface area contributed by atoms with Crippen LogP contribution in [0.25, 0.3) is 10.9 Å². The molecule has 2 heterocycles. The Labute approximate surface area is 179 Å². The van der Waals surface area contributed by atoms with E-state index < -0.39 is 21.7 Å². The molecule has 0 spiro atoms. The monoisotopic (exact) mass is 445 g/mol. The number of benzene rings is 2. The van der Waals surface area contributed by atoms with Crippen molar-refractivity contribution in [1.29, 1.82) is 0 Å². The fraction of sp³-hybridized carbons (Fsp3) is 0.238. The minimum atomic E-state index is -3.68. The van der Waals surface area contributed by atoms with Crippen molar-refractivity contribution < 1.29 is 18.0 Å². The van der Waals surface area contributed by atoms with E-state index in [1.807, 2.05) is 18.2 Å². The van der Waals surface area contributed by atoms with E-state index in [1.54, 1.807) is 13.0 Å². The van der Waals surface area contributed by atoms with Crippen molar-refractivity contribution in [3.8, 4) is 0 Å². The van der Waals surface area contributed by atoms with Gasteiger partial charge in [-0.25, -0.2) is 8.42 Å². The summed E-state index contributed by atoms with van der Waals surface area (Å²) in [6.07, 6.45) is 0. The number of hydrogen-bond acceptors (Lipinski definition) is 4. The minimum absolute atomic E-state index is 0.122. The van der Waals surface area contributed by atoms with Crippen molar-refractivity contribution in [3.05, 3.63) is 64.8 Å². The summed E-state index contributed by atoms with van der Waals surface area (Å²) in [5, 5.41) is 1.16. The number of carbonyl (C=O) groups is 2. The van der Waals surface area contributed by atoms with Gasteiger partial charge < -0.3 is 9.88 Å². The van der Waals surface area contributed by atoms with Gasteiger partial charge in [0.25, 0.3) is 11.7 Å². The molecule has 1 N–H and O–H groups in total. The molecule has 7 nitrogen and oxygen atoms in total. The topological polar surface area (TPSA) is 90.6 Å². The highest BCUT2D eigenvalue weighted by atomic mass is 35.5.